The molecule has 0 amide bonds. The molecule has 0 spiro atoms. The van der Waals surface area contributed by atoms with Gasteiger partial charge in [-0.05, 0) is 31.5 Å². The molecule has 0 aliphatic heterocycles. The molecule has 18 heavy (non-hydrogen) atoms. The minimum atomic E-state index is -3.19. The zero-order valence-electron chi connectivity index (χ0n) is 10.9. The summed E-state index contributed by atoms with van der Waals surface area (Å²) in [5.41, 5.74) is 7.74. The number of nitrogens with two attached hydrogens (primary N) is 1. The molecule has 0 fully saturated rings. The molecule has 102 valence electrons. The summed E-state index contributed by atoms with van der Waals surface area (Å²) < 4.78 is 29.3. The van der Waals surface area contributed by atoms with Gasteiger partial charge in [-0.1, -0.05) is 15.9 Å². The molecule has 0 radical (unpaired) electrons. The van der Waals surface area contributed by atoms with Crippen LogP contribution < -0.4 is 10.5 Å². The second-order valence-corrected chi connectivity index (χ2v) is 7.66. The summed E-state index contributed by atoms with van der Waals surface area (Å²) in [5.74, 6) is 0.610. The summed E-state index contributed by atoms with van der Waals surface area (Å²) in [4.78, 5) is 0. The van der Waals surface area contributed by atoms with Crippen molar-refractivity contribution in [2.75, 3.05) is 13.4 Å². The molecule has 4 nitrogen and oxygen atoms in total. The van der Waals surface area contributed by atoms with Gasteiger partial charge in [-0.25, -0.2) is 8.42 Å². The largest absolute Gasteiger partial charge is 0.496 e. The van der Waals surface area contributed by atoms with Gasteiger partial charge in [0.15, 0.2) is 9.84 Å². The molecule has 1 aromatic carbocycles. The Bertz CT molecular complexity index is 542. The first-order chi connectivity index (χ1) is 8.18. The van der Waals surface area contributed by atoms with Crippen molar-refractivity contribution in [1.29, 1.82) is 0 Å². The normalized spacial score (nSPS) is 15.2. The first kappa shape index (κ1) is 15.5. The van der Waals surface area contributed by atoms with Gasteiger partial charge in [0.25, 0.3) is 0 Å². The molecule has 1 aromatic rings. The zero-order chi connectivity index (χ0) is 14.1. The van der Waals surface area contributed by atoms with Gasteiger partial charge in [0.2, 0.25) is 0 Å². The van der Waals surface area contributed by atoms with Crippen LogP contribution in [0.1, 0.15) is 24.1 Å². The van der Waals surface area contributed by atoms with Crippen LogP contribution in [-0.4, -0.2) is 27.0 Å². The average Bonchev–Trinajstić information content (AvgIpc) is 2.29. The van der Waals surface area contributed by atoms with Crippen LogP contribution in [0.15, 0.2) is 16.6 Å². The van der Waals surface area contributed by atoms with Crippen LogP contribution in [-0.2, 0) is 9.84 Å². The number of hydrogen-bond acceptors (Lipinski definition) is 4. The maximum atomic E-state index is 11.6. The fourth-order valence-electron chi connectivity index (χ4n) is 1.63. The lowest BCUT2D eigenvalue weighted by Crippen LogP contribution is -2.30. The summed E-state index contributed by atoms with van der Waals surface area (Å²) in [6.07, 6.45) is 1.19. The predicted molar refractivity (Wildman–Crippen MR) is 76.7 cm³/mol. The molecule has 0 saturated heterocycles. The van der Waals surface area contributed by atoms with E-state index < -0.39 is 21.1 Å². The number of benzene rings is 1. The third kappa shape index (κ3) is 3.24. The topological polar surface area (TPSA) is 69.4 Å². The Hall–Kier alpha value is -0.590. The first-order valence-electron chi connectivity index (χ1n) is 5.47. The highest BCUT2D eigenvalue weighted by Gasteiger charge is 2.26. The van der Waals surface area contributed by atoms with Crippen molar-refractivity contribution in [3.8, 4) is 5.75 Å². The van der Waals surface area contributed by atoms with E-state index in [-0.39, 0.29) is 0 Å². The van der Waals surface area contributed by atoms with Gasteiger partial charge in [-0.2, -0.15) is 0 Å². The summed E-state index contributed by atoms with van der Waals surface area (Å²) in [5, 5.41) is -0.666. The highest BCUT2D eigenvalue weighted by atomic mass is 79.9. The fourth-order valence-corrected chi connectivity index (χ4v) is 2.67. The van der Waals surface area contributed by atoms with Crippen LogP contribution in [0.3, 0.4) is 0 Å². The first-order valence-corrected chi connectivity index (χ1v) is 8.21. The van der Waals surface area contributed by atoms with E-state index >= 15 is 0 Å². The highest BCUT2D eigenvalue weighted by Crippen LogP contribution is 2.32. The number of rotatable bonds is 4. The molecule has 2 atom stereocenters. The molecule has 1 rings (SSSR count). The Balaban J connectivity index is 3.28. The Labute approximate surface area is 117 Å². The number of sulfone groups is 1. The van der Waals surface area contributed by atoms with Crippen molar-refractivity contribution in [2.24, 2.45) is 5.73 Å². The second-order valence-electron chi connectivity index (χ2n) is 4.40. The van der Waals surface area contributed by atoms with E-state index in [1.807, 2.05) is 19.1 Å². The minimum Gasteiger partial charge on any atom is -0.496 e. The lowest BCUT2D eigenvalue weighted by Gasteiger charge is -2.21. The summed E-state index contributed by atoms with van der Waals surface area (Å²) in [6.45, 7) is 3.54. The maximum absolute atomic E-state index is 11.6. The molecular formula is C12H18BrNO3S. The smallest absolute Gasteiger partial charge is 0.151 e. The molecule has 0 aliphatic carbocycles. The van der Waals surface area contributed by atoms with Crippen LogP contribution in [0, 0.1) is 6.92 Å². The molecule has 0 heterocycles. The number of methoxy groups -OCH3 is 1. The number of aryl methyl sites for hydroxylation is 1. The van der Waals surface area contributed by atoms with Crippen LogP contribution in [0.4, 0.5) is 0 Å². The SMILES string of the molecule is COc1cc(C)c(Br)cc1C(N)C(C)S(C)(=O)=O. The van der Waals surface area contributed by atoms with Crippen LogP contribution in [0.25, 0.3) is 0 Å². The predicted octanol–water partition coefficient (Wildman–Crippen LogP) is 2.20. The number of hydrogen-bond donors (Lipinski definition) is 1. The Morgan fingerprint density at radius 3 is 2.39 bits per heavy atom. The van der Waals surface area contributed by atoms with Gasteiger partial charge in [0.05, 0.1) is 12.4 Å². The van der Waals surface area contributed by atoms with E-state index in [1.165, 1.54) is 6.26 Å². The zero-order valence-corrected chi connectivity index (χ0v) is 13.3. The maximum Gasteiger partial charge on any atom is 0.151 e. The highest BCUT2D eigenvalue weighted by molar-refractivity contribution is 9.10. The van der Waals surface area contributed by atoms with E-state index in [2.05, 4.69) is 15.9 Å². The molecule has 0 bridgehead atoms. The lowest BCUT2D eigenvalue weighted by molar-refractivity contribution is 0.404. The van der Waals surface area contributed by atoms with Crippen LogP contribution in [0.5, 0.6) is 5.75 Å². The molecule has 0 aromatic heterocycles. The Morgan fingerprint density at radius 1 is 1.39 bits per heavy atom. The van der Waals surface area contributed by atoms with E-state index in [1.54, 1.807) is 14.0 Å². The summed E-state index contributed by atoms with van der Waals surface area (Å²) in [6, 6.07) is 3.04. The Kier molecular flexibility index (Phi) is 4.80. The van der Waals surface area contributed by atoms with Crippen molar-refractivity contribution in [2.45, 2.75) is 25.1 Å². The third-order valence-corrected chi connectivity index (χ3v) is 5.55. The van der Waals surface area contributed by atoms with Crippen LogP contribution >= 0.6 is 15.9 Å². The van der Waals surface area contributed by atoms with Gasteiger partial charge in [-0.15, -0.1) is 0 Å². The van der Waals surface area contributed by atoms with Crippen molar-refractivity contribution in [1.82, 2.24) is 0 Å². The van der Waals surface area contributed by atoms with Gasteiger partial charge >= 0.3 is 0 Å². The molecule has 0 aliphatic rings. The van der Waals surface area contributed by atoms with Crippen LogP contribution in [0.2, 0.25) is 0 Å². The third-order valence-electron chi connectivity index (χ3n) is 3.05. The summed E-state index contributed by atoms with van der Waals surface area (Å²) >= 11 is 3.42. The number of halogens is 1. The van der Waals surface area contributed by atoms with E-state index in [4.69, 9.17) is 10.5 Å². The van der Waals surface area contributed by atoms with Gasteiger partial charge in [0, 0.05) is 22.3 Å². The standard InChI is InChI=1S/C12H18BrNO3S/c1-7-5-11(17-3)9(6-10(7)13)12(14)8(2)18(4,15)16/h5-6,8,12H,14H2,1-4H3. The van der Waals surface area contributed by atoms with Crippen molar-refractivity contribution in [3.63, 3.8) is 0 Å². The second kappa shape index (κ2) is 5.59. The fraction of sp³-hybridized carbons (Fsp3) is 0.500. The van der Waals surface area contributed by atoms with Crippen molar-refractivity contribution >= 4 is 25.8 Å². The van der Waals surface area contributed by atoms with Gasteiger partial charge < -0.3 is 10.5 Å². The van der Waals surface area contributed by atoms with Gasteiger partial charge in [0.1, 0.15) is 5.75 Å². The van der Waals surface area contributed by atoms with E-state index in [9.17, 15) is 8.42 Å². The summed E-state index contributed by atoms with van der Waals surface area (Å²) in [7, 11) is -1.65. The van der Waals surface area contributed by atoms with Crippen molar-refractivity contribution in [3.05, 3.63) is 27.7 Å². The minimum absolute atomic E-state index is 0.610. The average molecular weight is 336 g/mol. The van der Waals surface area contributed by atoms with E-state index in [0.717, 1.165) is 10.0 Å². The Morgan fingerprint density at radius 2 is 1.94 bits per heavy atom. The number of ether oxygens (including phenoxy) is 1. The van der Waals surface area contributed by atoms with Crippen molar-refractivity contribution < 1.29 is 13.2 Å². The monoisotopic (exact) mass is 335 g/mol. The molecule has 0 saturated carbocycles. The quantitative estimate of drug-likeness (QED) is 0.915. The van der Waals surface area contributed by atoms with Gasteiger partial charge in [-0.3, -0.25) is 0 Å². The lowest BCUT2D eigenvalue weighted by atomic mass is 10.0. The van der Waals surface area contributed by atoms with E-state index in [0.29, 0.717) is 11.3 Å². The molecule has 2 unspecified atom stereocenters. The molecule has 2 N–H and O–H groups in total. The molecule has 6 heteroatoms. The molecular weight excluding hydrogens is 318 g/mol.